The Balaban J connectivity index is 1.43. The highest BCUT2D eigenvalue weighted by Crippen LogP contribution is 2.39. The van der Waals surface area contributed by atoms with E-state index in [1.165, 1.54) is 11.9 Å². The average Bonchev–Trinajstić information content (AvgIpc) is 3.29. The number of likely N-dealkylation sites (tertiary alicyclic amines) is 1. The molecule has 0 spiro atoms. The predicted molar refractivity (Wildman–Crippen MR) is 84.0 cm³/mol. The molecule has 3 amide bonds. The number of urea groups is 1. The number of nitrogens with one attached hydrogen (secondary N) is 1. The van der Waals surface area contributed by atoms with E-state index < -0.39 is 5.54 Å². The fraction of sp³-hybridized carbons (Fsp3) is 0.750. The van der Waals surface area contributed by atoms with Gasteiger partial charge in [-0.25, -0.2) is 4.79 Å². The van der Waals surface area contributed by atoms with Crippen LogP contribution < -0.4 is 5.32 Å². The summed E-state index contributed by atoms with van der Waals surface area (Å²) >= 11 is 0. The van der Waals surface area contributed by atoms with Gasteiger partial charge in [0.15, 0.2) is 5.82 Å². The van der Waals surface area contributed by atoms with E-state index in [0.29, 0.717) is 18.3 Å². The van der Waals surface area contributed by atoms with Crippen molar-refractivity contribution in [1.29, 1.82) is 0 Å². The van der Waals surface area contributed by atoms with Gasteiger partial charge in [-0.3, -0.25) is 14.6 Å². The van der Waals surface area contributed by atoms with Crippen LogP contribution in [0.3, 0.4) is 0 Å². The topological polar surface area (TPSA) is 91.6 Å². The molecule has 0 radical (unpaired) electrons. The summed E-state index contributed by atoms with van der Waals surface area (Å²) in [6.45, 7) is 4.15. The second kappa shape index (κ2) is 5.54. The molecule has 1 saturated carbocycles. The Kier molecular flexibility index (Phi) is 3.59. The van der Waals surface area contributed by atoms with Crippen LogP contribution in [0.1, 0.15) is 50.2 Å². The molecule has 24 heavy (non-hydrogen) atoms. The molecule has 8 nitrogen and oxygen atoms in total. The minimum Gasteiger partial charge on any atom is -0.339 e. The Morgan fingerprint density at radius 3 is 2.79 bits per heavy atom. The highest BCUT2D eigenvalue weighted by molar-refractivity contribution is 6.06. The zero-order chi connectivity index (χ0) is 16.9. The lowest BCUT2D eigenvalue weighted by molar-refractivity contribution is -0.132. The Labute approximate surface area is 140 Å². The van der Waals surface area contributed by atoms with E-state index in [9.17, 15) is 9.59 Å². The van der Waals surface area contributed by atoms with E-state index >= 15 is 0 Å². The minimum atomic E-state index is -0.819. The van der Waals surface area contributed by atoms with Crippen LogP contribution in [-0.2, 0) is 11.3 Å². The first-order chi connectivity index (χ1) is 11.5. The monoisotopic (exact) mass is 333 g/mol. The summed E-state index contributed by atoms with van der Waals surface area (Å²) in [5.41, 5.74) is -0.819. The molecule has 2 aliphatic heterocycles. The number of imide groups is 1. The van der Waals surface area contributed by atoms with Gasteiger partial charge in [-0.1, -0.05) is 5.16 Å². The summed E-state index contributed by atoms with van der Waals surface area (Å²) in [5.74, 6) is 1.87. The first-order valence-electron chi connectivity index (χ1n) is 8.62. The summed E-state index contributed by atoms with van der Waals surface area (Å²) < 4.78 is 5.32. The number of hydrogen-bond acceptors (Lipinski definition) is 6. The lowest BCUT2D eigenvalue weighted by Crippen LogP contribution is -2.55. The highest BCUT2D eigenvalue weighted by atomic mass is 16.5. The lowest BCUT2D eigenvalue weighted by atomic mass is 9.80. The first-order valence-corrected chi connectivity index (χ1v) is 8.62. The Morgan fingerprint density at radius 2 is 2.12 bits per heavy atom. The van der Waals surface area contributed by atoms with Gasteiger partial charge in [0.05, 0.1) is 6.54 Å². The molecule has 4 rings (SSSR count). The van der Waals surface area contributed by atoms with Crippen molar-refractivity contribution < 1.29 is 14.1 Å². The van der Waals surface area contributed by atoms with E-state index in [4.69, 9.17) is 4.52 Å². The molecule has 3 heterocycles. The van der Waals surface area contributed by atoms with E-state index in [-0.39, 0.29) is 17.9 Å². The Hall–Kier alpha value is -1.96. The number of carbonyl (C=O) groups is 2. The molecule has 2 saturated heterocycles. The third-order valence-electron chi connectivity index (χ3n) is 5.52. The van der Waals surface area contributed by atoms with Gasteiger partial charge in [0.1, 0.15) is 5.54 Å². The maximum absolute atomic E-state index is 12.5. The zero-order valence-corrected chi connectivity index (χ0v) is 14.1. The van der Waals surface area contributed by atoms with Crippen molar-refractivity contribution >= 4 is 11.9 Å². The van der Waals surface area contributed by atoms with E-state index in [0.717, 1.165) is 44.7 Å². The van der Waals surface area contributed by atoms with Crippen LogP contribution in [0.15, 0.2) is 4.52 Å². The largest absolute Gasteiger partial charge is 0.339 e. The summed E-state index contributed by atoms with van der Waals surface area (Å²) in [6, 6.07) is -0.313. The Morgan fingerprint density at radius 1 is 1.33 bits per heavy atom. The first kappa shape index (κ1) is 15.6. The van der Waals surface area contributed by atoms with Crippen molar-refractivity contribution in [3.05, 3.63) is 11.7 Å². The second-order valence-corrected chi connectivity index (χ2v) is 7.39. The van der Waals surface area contributed by atoms with Crippen LogP contribution in [-0.4, -0.2) is 57.6 Å². The fourth-order valence-corrected chi connectivity index (χ4v) is 3.77. The third-order valence-corrected chi connectivity index (χ3v) is 5.52. The normalized spacial score (nSPS) is 31.6. The van der Waals surface area contributed by atoms with Crippen LogP contribution in [0, 0.1) is 5.92 Å². The van der Waals surface area contributed by atoms with Crippen LogP contribution >= 0.6 is 0 Å². The number of carbonyl (C=O) groups excluding carboxylic acids is 2. The van der Waals surface area contributed by atoms with Crippen molar-refractivity contribution in [2.75, 3.05) is 20.1 Å². The molecule has 8 heteroatoms. The molecule has 1 N–H and O–H groups in total. The van der Waals surface area contributed by atoms with E-state index in [1.54, 1.807) is 0 Å². The van der Waals surface area contributed by atoms with Gasteiger partial charge in [-0.05, 0) is 39.2 Å². The van der Waals surface area contributed by atoms with Gasteiger partial charge in [0, 0.05) is 25.4 Å². The van der Waals surface area contributed by atoms with Gasteiger partial charge in [-0.2, -0.15) is 4.98 Å². The maximum Gasteiger partial charge on any atom is 0.324 e. The number of piperidine rings is 1. The zero-order valence-electron chi connectivity index (χ0n) is 14.1. The molecular formula is C16H23N5O3. The molecule has 3 aliphatic rings. The van der Waals surface area contributed by atoms with Gasteiger partial charge < -0.3 is 9.84 Å². The van der Waals surface area contributed by atoms with Crippen LogP contribution in [0.5, 0.6) is 0 Å². The molecule has 2 atom stereocenters. The van der Waals surface area contributed by atoms with E-state index in [2.05, 4.69) is 20.4 Å². The number of likely N-dealkylation sites (N-methyl/N-ethyl adjacent to an activating group) is 1. The minimum absolute atomic E-state index is 0.0856. The van der Waals surface area contributed by atoms with Crippen molar-refractivity contribution in [1.82, 2.24) is 25.3 Å². The SMILES string of the molecule is CN1C(=O)N[C@](C)([C@H]2CCCN(Cc3noc(C4CC4)n3)C2)C1=O. The van der Waals surface area contributed by atoms with Crippen molar-refractivity contribution in [3.8, 4) is 0 Å². The van der Waals surface area contributed by atoms with Gasteiger partial charge in [0.25, 0.3) is 5.91 Å². The molecule has 0 aromatic carbocycles. The highest BCUT2D eigenvalue weighted by Gasteiger charge is 2.51. The van der Waals surface area contributed by atoms with Gasteiger partial charge >= 0.3 is 6.03 Å². The molecule has 0 bridgehead atoms. The summed E-state index contributed by atoms with van der Waals surface area (Å²) in [5, 5.41) is 6.95. The standard InChI is InChI=1S/C16H23N5O3/c1-16(14(22)20(2)15(23)18-16)11-4-3-7-21(8-11)9-12-17-13(24-19-12)10-5-6-10/h10-11H,3-9H2,1-2H3,(H,18,23)/t11-,16+/m0/s1. The summed E-state index contributed by atoms with van der Waals surface area (Å²) in [4.78, 5) is 32.2. The van der Waals surface area contributed by atoms with Gasteiger partial charge in [0.2, 0.25) is 5.89 Å². The molecular weight excluding hydrogens is 310 g/mol. The van der Waals surface area contributed by atoms with Crippen LogP contribution in [0.2, 0.25) is 0 Å². The third kappa shape index (κ3) is 2.58. The smallest absolute Gasteiger partial charge is 0.324 e. The van der Waals surface area contributed by atoms with Crippen LogP contribution in [0.4, 0.5) is 4.79 Å². The number of hydrogen-bond donors (Lipinski definition) is 1. The molecule has 1 aromatic rings. The predicted octanol–water partition coefficient (Wildman–Crippen LogP) is 1.10. The van der Waals surface area contributed by atoms with Crippen molar-refractivity contribution in [3.63, 3.8) is 0 Å². The average molecular weight is 333 g/mol. The quantitative estimate of drug-likeness (QED) is 0.830. The molecule has 1 aromatic heterocycles. The molecule has 1 aliphatic carbocycles. The number of aromatic nitrogens is 2. The fourth-order valence-electron chi connectivity index (χ4n) is 3.77. The summed E-state index contributed by atoms with van der Waals surface area (Å²) in [7, 11) is 1.53. The number of rotatable bonds is 4. The Bertz CT molecular complexity index is 670. The number of amides is 3. The molecule has 0 unspecified atom stereocenters. The van der Waals surface area contributed by atoms with Crippen molar-refractivity contribution in [2.45, 2.75) is 50.6 Å². The number of nitrogens with zero attached hydrogens (tertiary/aromatic N) is 4. The summed E-state index contributed by atoms with van der Waals surface area (Å²) in [6.07, 6.45) is 4.19. The van der Waals surface area contributed by atoms with Crippen LogP contribution in [0.25, 0.3) is 0 Å². The van der Waals surface area contributed by atoms with E-state index in [1.807, 2.05) is 6.92 Å². The molecule has 3 fully saturated rings. The van der Waals surface area contributed by atoms with Crippen molar-refractivity contribution in [2.24, 2.45) is 5.92 Å². The van der Waals surface area contributed by atoms with Gasteiger partial charge in [-0.15, -0.1) is 0 Å². The maximum atomic E-state index is 12.5. The second-order valence-electron chi connectivity index (χ2n) is 7.39. The lowest BCUT2D eigenvalue weighted by Gasteiger charge is -2.39. The molecule has 130 valence electrons.